The summed E-state index contributed by atoms with van der Waals surface area (Å²) in [5, 5.41) is 2.47. The summed E-state index contributed by atoms with van der Waals surface area (Å²) in [5.74, 6) is -2.36. The zero-order chi connectivity index (χ0) is 24.5. The van der Waals surface area contributed by atoms with Crippen molar-refractivity contribution in [1.82, 2.24) is 14.9 Å². The van der Waals surface area contributed by atoms with Gasteiger partial charge in [-0.15, -0.1) is 11.8 Å². The zero-order valence-corrected chi connectivity index (χ0v) is 19.6. The van der Waals surface area contributed by atoms with Crippen molar-refractivity contribution < 1.29 is 13.6 Å². The average molecular weight is 490 g/mol. The standard InChI is InChI=1S/C27H21F2N3O2S/c1-16-12-23(33)26(27(34)31-15-18-6-4-5-11-30-18)22-14-25(17-9-10-19(28)20(29)13-17)35-24-8-3-2-7-21(24)32(16)22/h2-13,25H,14-15H2,1H3,(H,31,34). The number of hydrogen-bond donors (Lipinski definition) is 1. The van der Waals surface area contributed by atoms with E-state index >= 15 is 0 Å². The molecule has 4 aromatic rings. The van der Waals surface area contributed by atoms with E-state index in [0.717, 1.165) is 16.6 Å². The number of para-hydroxylation sites is 1. The summed E-state index contributed by atoms with van der Waals surface area (Å²) >= 11 is 1.49. The van der Waals surface area contributed by atoms with E-state index in [1.807, 2.05) is 41.8 Å². The van der Waals surface area contributed by atoms with E-state index in [1.54, 1.807) is 24.4 Å². The van der Waals surface area contributed by atoms with Crippen LogP contribution in [0.1, 0.15) is 38.3 Å². The number of halogens is 2. The quantitative estimate of drug-likeness (QED) is 0.431. The molecule has 1 N–H and O–H groups in total. The van der Waals surface area contributed by atoms with Crippen molar-refractivity contribution in [1.29, 1.82) is 0 Å². The number of rotatable bonds is 4. The number of aryl methyl sites for hydroxylation is 1. The molecular weight excluding hydrogens is 468 g/mol. The molecule has 0 radical (unpaired) electrons. The van der Waals surface area contributed by atoms with E-state index in [0.29, 0.717) is 22.6 Å². The lowest BCUT2D eigenvalue weighted by molar-refractivity contribution is 0.0947. The van der Waals surface area contributed by atoms with Gasteiger partial charge in [0.15, 0.2) is 17.1 Å². The minimum Gasteiger partial charge on any atom is -0.346 e. The molecule has 1 atom stereocenters. The molecule has 0 fully saturated rings. The number of nitrogens with one attached hydrogen (secondary N) is 1. The predicted octanol–water partition coefficient (Wildman–Crippen LogP) is 5.14. The van der Waals surface area contributed by atoms with Gasteiger partial charge >= 0.3 is 0 Å². The number of fused-ring (bicyclic) bond motifs is 3. The Balaban J connectivity index is 1.64. The van der Waals surface area contributed by atoms with Crippen molar-refractivity contribution >= 4 is 17.7 Å². The van der Waals surface area contributed by atoms with Crippen molar-refractivity contribution in [3.8, 4) is 5.69 Å². The maximum absolute atomic E-state index is 14.1. The van der Waals surface area contributed by atoms with E-state index in [4.69, 9.17) is 0 Å². The molecule has 0 bridgehead atoms. The third-order valence-electron chi connectivity index (χ3n) is 5.95. The largest absolute Gasteiger partial charge is 0.346 e. The normalized spacial score (nSPS) is 14.5. The molecule has 1 aliphatic heterocycles. The molecule has 1 unspecified atom stereocenters. The van der Waals surface area contributed by atoms with Crippen LogP contribution >= 0.6 is 11.8 Å². The maximum Gasteiger partial charge on any atom is 0.257 e. The van der Waals surface area contributed by atoms with Crippen molar-refractivity contribution in [2.24, 2.45) is 0 Å². The second kappa shape index (κ2) is 9.46. The van der Waals surface area contributed by atoms with Gasteiger partial charge in [0.1, 0.15) is 5.56 Å². The van der Waals surface area contributed by atoms with Crippen molar-refractivity contribution in [3.63, 3.8) is 0 Å². The Morgan fingerprint density at radius 1 is 1.09 bits per heavy atom. The molecule has 8 heteroatoms. The van der Waals surface area contributed by atoms with Gasteiger partial charge in [-0.1, -0.05) is 24.3 Å². The fourth-order valence-electron chi connectivity index (χ4n) is 4.34. The smallest absolute Gasteiger partial charge is 0.257 e. The van der Waals surface area contributed by atoms with E-state index in [9.17, 15) is 18.4 Å². The predicted molar refractivity (Wildman–Crippen MR) is 131 cm³/mol. The van der Waals surface area contributed by atoms with Crippen LogP contribution < -0.4 is 10.7 Å². The van der Waals surface area contributed by atoms with E-state index in [-0.39, 0.29) is 29.2 Å². The lowest BCUT2D eigenvalue weighted by Crippen LogP contribution is -2.32. The van der Waals surface area contributed by atoms with Crippen LogP contribution in [0.25, 0.3) is 5.69 Å². The molecule has 35 heavy (non-hydrogen) atoms. The van der Waals surface area contributed by atoms with Crippen LogP contribution in [-0.2, 0) is 13.0 Å². The van der Waals surface area contributed by atoms with Gasteiger partial charge in [0, 0.05) is 40.2 Å². The fourth-order valence-corrected chi connectivity index (χ4v) is 5.61. The monoisotopic (exact) mass is 489 g/mol. The first kappa shape index (κ1) is 23.0. The Labute approximate surface area is 204 Å². The fraction of sp³-hybridized carbons (Fsp3) is 0.148. The zero-order valence-electron chi connectivity index (χ0n) is 18.8. The Kier molecular flexibility index (Phi) is 6.21. The SMILES string of the molecule is Cc1cc(=O)c(C(=O)NCc2ccccn2)c2n1-c1ccccc1SC(c1ccc(F)c(F)c1)C2. The van der Waals surface area contributed by atoms with Gasteiger partial charge in [-0.2, -0.15) is 0 Å². The first-order valence-corrected chi connectivity index (χ1v) is 11.9. The molecule has 0 aliphatic carbocycles. The number of aromatic nitrogens is 2. The molecule has 5 nitrogen and oxygen atoms in total. The van der Waals surface area contributed by atoms with Gasteiger partial charge < -0.3 is 9.88 Å². The Hall–Kier alpha value is -3.78. The van der Waals surface area contributed by atoms with Crippen LogP contribution in [0.3, 0.4) is 0 Å². The van der Waals surface area contributed by atoms with Crippen LogP contribution in [-0.4, -0.2) is 15.5 Å². The summed E-state index contributed by atoms with van der Waals surface area (Å²) in [6.45, 7) is 1.99. The highest BCUT2D eigenvalue weighted by atomic mass is 32.2. The summed E-state index contributed by atoms with van der Waals surface area (Å²) in [5.41, 5.74) is 2.93. The van der Waals surface area contributed by atoms with Crippen LogP contribution in [0, 0.1) is 18.6 Å². The Bertz CT molecular complexity index is 1490. The minimum absolute atomic E-state index is 0.0383. The Morgan fingerprint density at radius 3 is 2.66 bits per heavy atom. The highest BCUT2D eigenvalue weighted by Gasteiger charge is 2.29. The summed E-state index contributed by atoms with van der Waals surface area (Å²) in [4.78, 5) is 31.6. The lowest BCUT2D eigenvalue weighted by atomic mass is 10.0. The first-order chi connectivity index (χ1) is 16.9. The van der Waals surface area contributed by atoms with Gasteiger partial charge in [0.2, 0.25) is 0 Å². The van der Waals surface area contributed by atoms with Crippen LogP contribution in [0.15, 0.2) is 82.6 Å². The van der Waals surface area contributed by atoms with Gasteiger partial charge in [0.05, 0.1) is 17.9 Å². The van der Waals surface area contributed by atoms with Gasteiger partial charge in [-0.05, 0) is 48.9 Å². The van der Waals surface area contributed by atoms with Gasteiger partial charge in [-0.3, -0.25) is 14.6 Å². The molecule has 2 aromatic carbocycles. The molecule has 0 spiro atoms. The summed E-state index contributed by atoms with van der Waals surface area (Å²) < 4.78 is 29.7. The molecule has 5 rings (SSSR count). The number of amides is 1. The number of pyridine rings is 2. The Morgan fingerprint density at radius 2 is 1.89 bits per heavy atom. The molecule has 2 aromatic heterocycles. The highest BCUT2D eigenvalue weighted by molar-refractivity contribution is 7.99. The average Bonchev–Trinajstić information content (AvgIpc) is 3.02. The number of carbonyl (C=O) groups is 1. The second-order valence-electron chi connectivity index (χ2n) is 8.26. The number of hydrogen-bond acceptors (Lipinski definition) is 4. The minimum atomic E-state index is -0.935. The highest BCUT2D eigenvalue weighted by Crippen LogP contribution is 2.44. The molecular formula is C27H21F2N3O2S. The lowest BCUT2D eigenvalue weighted by Gasteiger charge is -2.20. The molecule has 0 saturated carbocycles. The molecule has 176 valence electrons. The number of thioether (sulfide) groups is 1. The summed E-state index contributed by atoms with van der Waals surface area (Å²) in [6, 6.07) is 18.3. The van der Waals surface area contributed by atoms with E-state index < -0.39 is 17.5 Å². The number of carbonyl (C=O) groups excluding carboxylic acids is 1. The van der Waals surface area contributed by atoms with Crippen molar-refractivity contribution in [3.05, 3.63) is 123 Å². The first-order valence-electron chi connectivity index (χ1n) is 11.1. The van der Waals surface area contributed by atoms with Crippen LogP contribution in [0.4, 0.5) is 8.78 Å². The van der Waals surface area contributed by atoms with Crippen LogP contribution in [0.5, 0.6) is 0 Å². The maximum atomic E-state index is 14.1. The number of benzene rings is 2. The summed E-state index contributed by atoms with van der Waals surface area (Å²) in [6.07, 6.45) is 1.91. The van der Waals surface area contributed by atoms with E-state index in [1.165, 1.54) is 23.9 Å². The molecule has 3 heterocycles. The van der Waals surface area contributed by atoms with Crippen molar-refractivity contribution in [2.75, 3.05) is 0 Å². The van der Waals surface area contributed by atoms with Crippen LogP contribution in [0.2, 0.25) is 0 Å². The van der Waals surface area contributed by atoms with E-state index in [2.05, 4.69) is 10.3 Å². The van der Waals surface area contributed by atoms with Crippen molar-refractivity contribution in [2.45, 2.75) is 30.0 Å². The molecule has 0 saturated heterocycles. The molecule has 1 aliphatic rings. The summed E-state index contributed by atoms with van der Waals surface area (Å²) in [7, 11) is 0. The van der Waals surface area contributed by atoms with Gasteiger partial charge in [0.25, 0.3) is 5.91 Å². The molecule has 1 amide bonds. The third-order valence-corrected chi connectivity index (χ3v) is 7.27. The topological polar surface area (TPSA) is 64.0 Å². The third kappa shape index (κ3) is 4.49. The second-order valence-corrected chi connectivity index (χ2v) is 9.51. The number of nitrogens with zero attached hydrogens (tertiary/aromatic N) is 2. The van der Waals surface area contributed by atoms with Gasteiger partial charge in [-0.25, -0.2) is 8.78 Å².